The smallest absolute Gasteiger partial charge is 0.159 e. The molecule has 4 aliphatic carbocycles. The molecule has 3 saturated carbocycles. The second-order valence-corrected chi connectivity index (χ2v) is 12.9. The summed E-state index contributed by atoms with van der Waals surface area (Å²) in [6.45, 7) is 9.06. The molecule has 0 aromatic rings. The number of aliphatic hydroxyl groups is 4. The van der Waals surface area contributed by atoms with Crippen LogP contribution in [0.3, 0.4) is 0 Å². The molecule has 0 radical (unpaired) electrons. The van der Waals surface area contributed by atoms with Crippen molar-refractivity contribution in [3.8, 4) is 0 Å². The van der Waals surface area contributed by atoms with Gasteiger partial charge in [-0.1, -0.05) is 13.8 Å². The molecule has 8 atom stereocenters. The van der Waals surface area contributed by atoms with Gasteiger partial charge in [-0.3, -0.25) is 9.59 Å². The van der Waals surface area contributed by atoms with Gasteiger partial charge in [0, 0.05) is 24.2 Å². The zero-order valence-corrected chi connectivity index (χ0v) is 20.9. The van der Waals surface area contributed by atoms with Gasteiger partial charge in [0.05, 0.1) is 22.9 Å². The second kappa shape index (κ2) is 7.71. The molecule has 0 aromatic heterocycles. The van der Waals surface area contributed by atoms with E-state index in [0.717, 1.165) is 12.0 Å². The lowest BCUT2D eigenvalue weighted by Crippen LogP contribution is -2.62. The summed E-state index contributed by atoms with van der Waals surface area (Å²) in [5, 5.41) is 44.7. The maximum Gasteiger partial charge on any atom is 0.159 e. The van der Waals surface area contributed by atoms with Gasteiger partial charge in [0.1, 0.15) is 5.78 Å². The first kappa shape index (κ1) is 25.0. The number of allylic oxidation sites excluding steroid dienone is 1. The van der Waals surface area contributed by atoms with Crippen LogP contribution in [0.15, 0.2) is 11.6 Å². The van der Waals surface area contributed by atoms with Crippen molar-refractivity contribution < 1.29 is 30.0 Å². The summed E-state index contributed by atoms with van der Waals surface area (Å²) < 4.78 is 0. The van der Waals surface area contributed by atoms with Gasteiger partial charge < -0.3 is 20.4 Å². The van der Waals surface area contributed by atoms with Crippen LogP contribution in [0.2, 0.25) is 0 Å². The van der Waals surface area contributed by atoms with E-state index >= 15 is 0 Å². The Morgan fingerprint density at radius 3 is 2.36 bits per heavy atom. The zero-order valence-electron chi connectivity index (χ0n) is 20.9. The maximum atomic E-state index is 13.2. The minimum atomic E-state index is -1.44. The standard InChI is InChI=1S/C27H42O6/c1-23(2,31)11-10-22(30)26(5,32)21-9-13-27(33)19-14-20(29)18-7-6-16(28)15-24(18,3)17(19)8-12-25(21,27)4/h14,17-18,21-22,30-33H,6-13,15H2,1-5H3/t17-,18-,21-,22+,24+,25+,26+,27+/m0/s1. The number of Topliss-reactive ketones (excluding diaryl/α,β-unsaturated/α-hetero) is 1. The van der Waals surface area contributed by atoms with E-state index in [4.69, 9.17) is 0 Å². The van der Waals surface area contributed by atoms with Crippen molar-refractivity contribution in [2.75, 3.05) is 0 Å². The van der Waals surface area contributed by atoms with Gasteiger partial charge in [-0.25, -0.2) is 0 Å². The van der Waals surface area contributed by atoms with Gasteiger partial charge in [0.2, 0.25) is 0 Å². The Kier molecular flexibility index (Phi) is 5.85. The Bertz CT molecular complexity index is 868. The van der Waals surface area contributed by atoms with Crippen LogP contribution < -0.4 is 0 Å². The molecule has 3 fully saturated rings. The third-order valence-electron chi connectivity index (χ3n) is 10.2. The second-order valence-electron chi connectivity index (χ2n) is 12.9. The van der Waals surface area contributed by atoms with Gasteiger partial charge in [-0.05, 0) is 94.6 Å². The number of hydrogen-bond donors (Lipinski definition) is 4. The summed E-state index contributed by atoms with van der Waals surface area (Å²) >= 11 is 0. The average molecular weight is 463 g/mol. The molecule has 4 rings (SSSR count). The van der Waals surface area contributed by atoms with Crippen molar-refractivity contribution in [2.45, 2.75) is 115 Å². The van der Waals surface area contributed by atoms with Crippen molar-refractivity contribution in [1.29, 1.82) is 0 Å². The molecule has 0 unspecified atom stereocenters. The minimum Gasteiger partial charge on any atom is -0.390 e. The van der Waals surface area contributed by atoms with E-state index in [-0.39, 0.29) is 35.7 Å². The van der Waals surface area contributed by atoms with E-state index in [1.165, 1.54) is 0 Å². The monoisotopic (exact) mass is 462 g/mol. The largest absolute Gasteiger partial charge is 0.390 e. The van der Waals surface area contributed by atoms with Crippen molar-refractivity contribution in [1.82, 2.24) is 0 Å². The predicted molar refractivity (Wildman–Crippen MR) is 124 cm³/mol. The Morgan fingerprint density at radius 2 is 1.73 bits per heavy atom. The van der Waals surface area contributed by atoms with E-state index < -0.39 is 33.7 Å². The predicted octanol–water partition coefficient (Wildman–Crippen LogP) is 3.09. The fraction of sp³-hybridized carbons (Fsp3) is 0.852. The molecule has 0 amide bonds. The Labute approximate surface area is 197 Å². The fourth-order valence-electron chi connectivity index (χ4n) is 8.20. The molecular formula is C27H42O6. The summed E-state index contributed by atoms with van der Waals surface area (Å²) in [7, 11) is 0. The molecule has 0 bridgehead atoms. The summed E-state index contributed by atoms with van der Waals surface area (Å²) in [4.78, 5) is 25.6. The third kappa shape index (κ3) is 3.67. The molecule has 0 heterocycles. The lowest BCUT2D eigenvalue weighted by Gasteiger charge is -2.59. The van der Waals surface area contributed by atoms with Crippen LogP contribution in [0.5, 0.6) is 0 Å². The maximum absolute atomic E-state index is 13.2. The molecular weight excluding hydrogens is 420 g/mol. The number of aliphatic hydroxyl groups excluding tert-OH is 1. The number of fused-ring (bicyclic) bond motifs is 5. The molecule has 0 aromatic carbocycles. The van der Waals surface area contributed by atoms with Crippen molar-refractivity contribution >= 4 is 11.6 Å². The number of ketones is 2. The first-order chi connectivity index (χ1) is 15.1. The average Bonchev–Trinajstić information content (AvgIpc) is 2.97. The van der Waals surface area contributed by atoms with E-state index in [1.807, 2.05) is 6.92 Å². The van der Waals surface area contributed by atoms with Gasteiger partial charge in [-0.2, -0.15) is 0 Å². The Balaban J connectivity index is 1.67. The topological polar surface area (TPSA) is 115 Å². The van der Waals surface area contributed by atoms with Crippen molar-refractivity contribution in [3.05, 3.63) is 11.6 Å². The fourth-order valence-corrected chi connectivity index (χ4v) is 8.20. The molecule has 4 aliphatic rings. The molecule has 0 saturated heterocycles. The molecule has 0 aliphatic heterocycles. The van der Waals surface area contributed by atoms with Gasteiger partial charge in [-0.15, -0.1) is 0 Å². The highest BCUT2D eigenvalue weighted by Crippen LogP contribution is 2.68. The Morgan fingerprint density at radius 1 is 1.06 bits per heavy atom. The molecule has 33 heavy (non-hydrogen) atoms. The van der Waals surface area contributed by atoms with Crippen LogP contribution in [-0.2, 0) is 9.59 Å². The van der Waals surface area contributed by atoms with E-state index in [1.54, 1.807) is 26.8 Å². The normalized spacial score (nSPS) is 43.8. The van der Waals surface area contributed by atoms with Crippen LogP contribution in [0.1, 0.15) is 92.4 Å². The number of rotatable bonds is 5. The molecule has 186 valence electrons. The number of carbonyl (C=O) groups excluding carboxylic acids is 2. The quantitative estimate of drug-likeness (QED) is 0.499. The number of carbonyl (C=O) groups is 2. The van der Waals surface area contributed by atoms with E-state index in [0.29, 0.717) is 44.9 Å². The lowest BCUT2D eigenvalue weighted by molar-refractivity contribution is -0.172. The van der Waals surface area contributed by atoms with Gasteiger partial charge in [0.15, 0.2) is 5.78 Å². The highest BCUT2D eigenvalue weighted by Gasteiger charge is 2.68. The SMILES string of the molecule is CC(C)(O)CC[C@@H](O)[C@](C)(O)[C@H]1CC[C@@]2(O)C3=CC(=O)[C@@H]4CCC(=O)C[C@]4(C)[C@H]3CC[C@]12C. The van der Waals surface area contributed by atoms with Crippen LogP contribution in [0.4, 0.5) is 0 Å². The van der Waals surface area contributed by atoms with Crippen LogP contribution >= 0.6 is 0 Å². The van der Waals surface area contributed by atoms with E-state index in [9.17, 15) is 30.0 Å². The Hall–Kier alpha value is -1.08. The molecule has 6 heteroatoms. The lowest BCUT2D eigenvalue weighted by atomic mass is 9.46. The summed E-state index contributed by atoms with van der Waals surface area (Å²) in [5.41, 5.74) is -4.03. The molecule has 4 N–H and O–H groups in total. The molecule has 0 spiro atoms. The first-order valence-electron chi connectivity index (χ1n) is 12.7. The van der Waals surface area contributed by atoms with E-state index in [2.05, 4.69) is 6.92 Å². The summed E-state index contributed by atoms with van der Waals surface area (Å²) in [5.74, 6) is -0.325. The van der Waals surface area contributed by atoms with Crippen molar-refractivity contribution in [2.24, 2.45) is 28.6 Å². The van der Waals surface area contributed by atoms with Gasteiger partial charge in [0.25, 0.3) is 0 Å². The van der Waals surface area contributed by atoms with Crippen molar-refractivity contribution in [3.63, 3.8) is 0 Å². The first-order valence-corrected chi connectivity index (χ1v) is 12.7. The highest BCUT2D eigenvalue weighted by atomic mass is 16.3. The van der Waals surface area contributed by atoms with Crippen LogP contribution in [0, 0.1) is 28.6 Å². The minimum absolute atomic E-state index is 0.0219. The van der Waals surface area contributed by atoms with Crippen LogP contribution in [0.25, 0.3) is 0 Å². The highest BCUT2D eigenvalue weighted by molar-refractivity contribution is 5.97. The summed E-state index contributed by atoms with van der Waals surface area (Å²) in [6.07, 6.45) is 5.06. The number of hydrogen-bond acceptors (Lipinski definition) is 6. The summed E-state index contributed by atoms with van der Waals surface area (Å²) in [6, 6.07) is 0. The third-order valence-corrected chi connectivity index (χ3v) is 10.2. The van der Waals surface area contributed by atoms with Gasteiger partial charge >= 0.3 is 0 Å². The molecule has 6 nitrogen and oxygen atoms in total. The van der Waals surface area contributed by atoms with Crippen LogP contribution in [-0.4, -0.2) is 54.9 Å². The zero-order chi connectivity index (χ0) is 24.6.